The smallest absolute Gasteiger partial charge is 0.295 e. The van der Waals surface area contributed by atoms with Gasteiger partial charge in [0, 0.05) is 11.8 Å². The first-order valence-electron chi connectivity index (χ1n) is 8.92. The monoisotopic (exact) mass is 361 g/mol. The summed E-state index contributed by atoms with van der Waals surface area (Å²) in [5, 5.41) is 4.62. The number of fused-ring (bicyclic) bond motifs is 1. The molecule has 3 aromatic rings. The predicted molar refractivity (Wildman–Crippen MR) is 102 cm³/mol. The van der Waals surface area contributed by atoms with Crippen LogP contribution in [0.25, 0.3) is 10.8 Å². The van der Waals surface area contributed by atoms with E-state index in [1.807, 2.05) is 36.4 Å². The maximum atomic E-state index is 12.8. The second-order valence-electron chi connectivity index (χ2n) is 6.48. The number of aromatic nitrogens is 1. The van der Waals surface area contributed by atoms with Crippen LogP contribution in [0.1, 0.15) is 40.1 Å². The van der Waals surface area contributed by atoms with Gasteiger partial charge in [-0.3, -0.25) is 14.4 Å². The van der Waals surface area contributed by atoms with E-state index in [0.717, 1.165) is 30.0 Å². The van der Waals surface area contributed by atoms with Gasteiger partial charge in [0.2, 0.25) is 0 Å². The Kier molecular flexibility index (Phi) is 4.80. The van der Waals surface area contributed by atoms with Gasteiger partial charge in [-0.1, -0.05) is 36.4 Å². The first kappa shape index (κ1) is 17.2. The maximum Gasteiger partial charge on any atom is 0.295 e. The van der Waals surface area contributed by atoms with E-state index in [4.69, 9.17) is 4.84 Å². The van der Waals surface area contributed by atoms with Gasteiger partial charge in [-0.2, -0.15) is 0 Å². The fourth-order valence-corrected chi connectivity index (χ4v) is 2.97. The number of hydrogen-bond donors (Lipinski definition) is 2. The molecule has 1 aliphatic carbocycles. The number of rotatable bonds is 5. The van der Waals surface area contributed by atoms with Crippen molar-refractivity contribution in [2.24, 2.45) is 0 Å². The summed E-state index contributed by atoms with van der Waals surface area (Å²) in [6.07, 6.45) is 4.55. The Bertz CT molecular complexity index is 993. The number of benzene rings is 2. The van der Waals surface area contributed by atoms with E-state index in [0.29, 0.717) is 11.3 Å². The Morgan fingerprint density at radius 1 is 0.963 bits per heavy atom. The third-order valence-electron chi connectivity index (χ3n) is 4.68. The van der Waals surface area contributed by atoms with Crippen LogP contribution in [0.5, 0.6) is 0 Å². The van der Waals surface area contributed by atoms with Crippen molar-refractivity contribution in [3.8, 4) is 0 Å². The molecular weight excluding hydrogens is 342 g/mol. The van der Waals surface area contributed by atoms with Crippen LogP contribution in [0.3, 0.4) is 0 Å². The highest BCUT2D eigenvalue weighted by atomic mass is 16.7. The van der Waals surface area contributed by atoms with Gasteiger partial charge in [-0.05, 0) is 48.2 Å². The zero-order valence-corrected chi connectivity index (χ0v) is 14.6. The molecule has 2 amide bonds. The molecule has 0 saturated heterocycles. The molecule has 0 atom stereocenters. The highest BCUT2D eigenvalue weighted by molar-refractivity contribution is 6.14. The number of carbonyl (C=O) groups is 2. The van der Waals surface area contributed by atoms with Crippen LogP contribution in [-0.4, -0.2) is 22.9 Å². The van der Waals surface area contributed by atoms with E-state index < -0.39 is 5.91 Å². The van der Waals surface area contributed by atoms with E-state index in [1.54, 1.807) is 18.2 Å². The minimum Gasteiger partial charge on any atom is -0.320 e. The standard InChI is InChI=1S/C21H19N3O3/c25-20(17-11-3-7-14-6-1-2-10-16(14)17)23-18-12-5-13-22-19(18)21(26)24-27-15-8-4-9-15/h1-3,5-7,10-13,15H,4,8-9H2,(H,23,25)(H,24,26). The van der Waals surface area contributed by atoms with Gasteiger partial charge >= 0.3 is 0 Å². The number of nitrogens with one attached hydrogen (secondary N) is 2. The van der Waals surface area contributed by atoms with Gasteiger partial charge in [0.15, 0.2) is 5.69 Å². The number of amides is 2. The Balaban J connectivity index is 1.55. The zero-order chi connectivity index (χ0) is 18.6. The molecule has 0 aliphatic heterocycles. The van der Waals surface area contributed by atoms with Crippen molar-refractivity contribution in [3.05, 3.63) is 72.1 Å². The quantitative estimate of drug-likeness (QED) is 0.679. The van der Waals surface area contributed by atoms with E-state index >= 15 is 0 Å². The number of carbonyl (C=O) groups excluding carboxylic acids is 2. The summed E-state index contributed by atoms with van der Waals surface area (Å²) in [6.45, 7) is 0. The molecule has 0 unspecified atom stereocenters. The summed E-state index contributed by atoms with van der Waals surface area (Å²) >= 11 is 0. The second kappa shape index (κ2) is 7.55. The molecule has 2 N–H and O–H groups in total. The van der Waals surface area contributed by atoms with Crippen LogP contribution in [-0.2, 0) is 4.84 Å². The molecule has 1 saturated carbocycles. The van der Waals surface area contributed by atoms with Gasteiger partial charge in [-0.25, -0.2) is 10.5 Å². The van der Waals surface area contributed by atoms with Gasteiger partial charge in [0.25, 0.3) is 11.8 Å². The Labute approximate surface area is 156 Å². The molecule has 1 fully saturated rings. The van der Waals surface area contributed by atoms with E-state index in [-0.39, 0.29) is 17.7 Å². The Hall–Kier alpha value is -3.25. The predicted octanol–water partition coefficient (Wildman–Crippen LogP) is 3.70. The minimum atomic E-state index is -0.476. The summed E-state index contributed by atoms with van der Waals surface area (Å²) < 4.78 is 0. The van der Waals surface area contributed by atoms with Gasteiger partial charge < -0.3 is 5.32 Å². The third kappa shape index (κ3) is 3.66. The van der Waals surface area contributed by atoms with Crippen molar-refractivity contribution in [1.82, 2.24) is 10.5 Å². The maximum absolute atomic E-state index is 12.8. The highest BCUT2D eigenvalue weighted by Gasteiger charge is 2.22. The van der Waals surface area contributed by atoms with Crippen molar-refractivity contribution >= 4 is 28.3 Å². The molecule has 2 aromatic carbocycles. The van der Waals surface area contributed by atoms with Gasteiger partial charge in [-0.15, -0.1) is 0 Å². The lowest BCUT2D eigenvalue weighted by molar-refractivity contribution is -0.0509. The first-order valence-corrected chi connectivity index (χ1v) is 8.92. The van der Waals surface area contributed by atoms with Crippen LogP contribution < -0.4 is 10.8 Å². The first-order chi connectivity index (χ1) is 13.2. The van der Waals surface area contributed by atoms with E-state index in [9.17, 15) is 9.59 Å². The number of hydrogen-bond acceptors (Lipinski definition) is 4. The molecule has 0 bridgehead atoms. The molecule has 1 aromatic heterocycles. The van der Waals surface area contributed by atoms with Gasteiger partial charge in [0.05, 0.1) is 11.8 Å². The molecule has 0 spiro atoms. The average molecular weight is 361 g/mol. The van der Waals surface area contributed by atoms with Crippen molar-refractivity contribution in [2.45, 2.75) is 25.4 Å². The van der Waals surface area contributed by atoms with Crippen molar-refractivity contribution in [2.75, 3.05) is 5.32 Å². The largest absolute Gasteiger partial charge is 0.320 e. The molecule has 6 heteroatoms. The van der Waals surface area contributed by atoms with Crippen LogP contribution in [0, 0.1) is 0 Å². The second-order valence-corrected chi connectivity index (χ2v) is 6.48. The Morgan fingerprint density at radius 3 is 2.59 bits per heavy atom. The third-order valence-corrected chi connectivity index (χ3v) is 4.68. The van der Waals surface area contributed by atoms with Crippen LogP contribution >= 0.6 is 0 Å². The van der Waals surface area contributed by atoms with E-state index in [2.05, 4.69) is 15.8 Å². The molecule has 1 heterocycles. The normalized spacial score (nSPS) is 13.8. The number of pyridine rings is 1. The van der Waals surface area contributed by atoms with E-state index in [1.165, 1.54) is 6.20 Å². The molecule has 1 aliphatic rings. The summed E-state index contributed by atoms with van der Waals surface area (Å²) in [7, 11) is 0. The van der Waals surface area contributed by atoms with Crippen LogP contribution in [0.2, 0.25) is 0 Å². The summed E-state index contributed by atoms with van der Waals surface area (Å²) in [5.41, 5.74) is 3.42. The molecule has 4 rings (SSSR count). The Morgan fingerprint density at radius 2 is 1.78 bits per heavy atom. The average Bonchev–Trinajstić information content (AvgIpc) is 2.66. The molecule has 6 nitrogen and oxygen atoms in total. The molecule has 27 heavy (non-hydrogen) atoms. The fourth-order valence-electron chi connectivity index (χ4n) is 2.97. The fraction of sp³-hybridized carbons (Fsp3) is 0.190. The van der Waals surface area contributed by atoms with Crippen molar-refractivity contribution in [3.63, 3.8) is 0 Å². The SMILES string of the molecule is O=C(NOC1CCC1)c1ncccc1NC(=O)c1cccc2ccccc12. The van der Waals surface area contributed by atoms with Gasteiger partial charge in [0.1, 0.15) is 0 Å². The summed E-state index contributed by atoms with van der Waals surface area (Å²) in [5.74, 6) is -0.774. The molecule has 136 valence electrons. The van der Waals surface area contributed by atoms with Crippen LogP contribution in [0.15, 0.2) is 60.8 Å². The topological polar surface area (TPSA) is 80.3 Å². The lowest BCUT2D eigenvalue weighted by Gasteiger charge is -2.24. The number of hydroxylamine groups is 1. The lowest BCUT2D eigenvalue weighted by atomic mass is 9.97. The van der Waals surface area contributed by atoms with Crippen LogP contribution in [0.4, 0.5) is 5.69 Å². The number of anilines is 1. The number of nitrogens with zero attached hydrogens (tertiary/aromatic N) is 1. The minimum absolute atomic E-state index is 0.0615. The molecular formula is C21H19N3O3. The highest BCUT2D eigenvalue weighted by Crippen LogP contribution is 2.22. The van der Waals surface area contributed by atoms with Crippen molar-refractivity contribution in [1.29, 1.82) is 0 Å². The summed E-state index contributed by atoms with van der Waals surface area (Å²) in [4.78, 5) is 34.7. The molecule has 0 radical (unpaired) electrons. The zero-order valence-electron chi connectivity index (χ0n) is 14.6. The lowest BCUT2D eigenvalue weighted by Crippen LogP contribution is -2.34. The summed E-state index contributed by atoms with van der Waals surface area (Å²) in [6, 6.07) is 16.5. The van der Waals surface area contributed by atoms with Crippen molar-refractivity contribution < 1.29 is 14.4 Å².